The third-order valence-electron chi connectivity index (χ3n) is 3.49. The second-order valence-corrected chi connectivity index (χ2v) is 7.73. The molecular weight excluding hydrogens is 348 g/mol. The topological polar surface area (TPSA) is 66.5 Å². The maximum Gasteiger partial charge on any atom is 0.241 e. The van der Waals surface area contributed by atoms with Gasteiger partial charge in [-0.05, 0) is 24.6 Å². The highest BCUT2D eigenvalue weighted by molar-refractivity contribution is 7.92. The molecule has 128 valence electrons. The lowest BCUT2D eigenvalue weighted by Crippen LogP contribution is -2.41. The molecule has 0 spiro atoms. The largest absolute Gasteiger partial charge is 0.348 e. The summed E-state index contributed by atoms with van der Waals surface area (Å²) in [6.45, 7) is 1.51. The number of sulfonamides is 1. The first-order valence-electron chi connectivity index (χ1n) is 7.35. The quantitative estimate of drug-likeness (QED) is 0.854. The van der Waals surface area contributed by atoms with Crippen molar-refractivity contribution in [2.75, 3.05) is 17.1 Å². The minimum atomic E-state index is -3.65. The number of nitrogens with zero attached hydrogens (tertiary/aromatic N) is 1. The van der Waals surface area contributed by atoms with Crippen LogP contribution in [-0.2, 0) is 14.8 Å². The number of hydrogen-bond donors (Lipinski definition) is 1. The molecule has 2 aromatic carbocycles. The standard InChI is InChI=1S/C17H19ClN2O3S/c1-13(14-8-4-3-5-9-14)19-17(21)12-20(24(2,22)23)16-11-7-6-10-15(16)18/h3-11,13H,12H2,1-2H3,(H,19,21)/t13-/m0/s1. The fraction of sp³-hybridized carbons (Fsp3) is 0.235. The summed E-state index contributed by atoms with van der Waals surface area (Å²) in [4.78, 5) is 12.3. The SMILES string of the molecule is C[C@H](NC(=O)CN(c1ccccc1Cl)S(C)(=O)=O)c1ccccc1. The zero-order valence-corrected chi connectivity index (χ0v) is 15.0. The van der Waals surface area contributed by atoms with Gasteiger partial charge in [0.25, 0.3) is 0 Å². The monoisotopic (exact) mass is 366 g/mol. The molecule has 1 N–H and O–H groups in total. The summed E-state index contributed by atoms with van der Waals surface area (Å²) in [6.07, 6.45) is 1.05. The third kappa shape index (κ3) is 4.72. The van der Waals surface area contributed by atoms with Crippen LogP contribution in [0.3, 0.4) is 0 Å². The zero-order chi connectivity index (χ0) is 17.7. The lowest BCUT2D eigenvalue weighted by molar-refractivity contribution is -0.120. The fourth-order valence-corrected chi connectivity index (χ4v) is 3.43. The molecule has 0 bridgehead atoms. The number of anilines is 1. The summed E-state index contributed by atoms with van der Waals surface area (Å²) in [5.74, 6) is -0.406. The summed E-state index contributed by atoms with van der Waals surface area (Å²) in [5.41, 5.74) is 1.22. The van der Waals surface area contributed by atoms with Crippen LogP contribution in [0.15, 0.2) is 54.6 Å². The number of amides is 1. The maximum absolute atomic E-state index is 12.3. The van der Waals surface area contributed by atoms with Gasteiger partial charge in [0.2, 0.25) is 15.9 Å². The highest BCUT2D eigenvalue weighted by atomic mass is 35.5. The number of carbonyl (C=O) groups is 1. The van der Waals surface area contributed by atoms with Gasteiger partial charge in [0.1, 0.15) is 6.54 Å². The molecule has 0 heterocycles. The zero-order valence-electron chi connectivity index (χ0n) is 13.4. The molecule has 0 fully saturated rings. The minimum Gasteiger partial charge on any atom is -0.348 e. The molecule has 0 aliphatic rings. The van der Waals surface area contributed by atoms with Crippen molar-refractivity contribution < 1.29 is 13.2 Å². The van der Waals surface area contributed by atoms with Gasteiger partial charge < -0.3 is 5.32 Å². The van der Waals surface area contributed by atoms with Gasteiger partial charge >= 0.3 is 0 Å². The van der Waals surface area contributed by atoms with Gasteiger partial charge in [-0.1, -0.05) is 54.1 Å². The van der Waals surface area contributed by atoms with Crippen molar-refractivity contribution in [1.29, 1.82) is 0 Å². The lowest BCUT2D eigenvalue weighted by atomic mass is 10.1. The highest BCUT2D eigenvalue weighted by Crippen LogP contribution is 2.27. The van der Waals surface area contributed by atoms with Crippen LogP contribution in [0.1, 0.15) is 18.5 Å². The smallest absolute Gasteiger partial charge is 0.241 e. The molecule has 0 radical (unpaired) electrons. The fourth-order valence-electron chi connectivity index (χ4n) is 2.28. The average Bonchev–Trinajstić information content (AvgIpc) is 2.53. The second-order valence-electron chi connectivity index (χ2n) is 5.42. The van der Waals surface area contributed by atoms with Crippen molar-refractivity contribution in [3.63, 3.8) is 0 Å². The Kier molecular flexibility index (Phi) is 5.85. The van der Waals surface area contributed by atoms with Crippen molar-refractivity contribution in [2.24, 2.45) is 0 Å². The summed E-state index contributed by atoms with van der Waals surface area (Å²) in [5, 5.41) is 3.07. The van der Waals surface area contributed by atoms with Crippen LogP contribution in [0.4, 0.5) is 5.69 Å². The molecule has 1 atom stereocenters. The molecule has 7 heteroatoms. The Labute approximate surface area is 147 Å². The van der Waals surface area contributed by atoms with E-state index in [9.17, 15) is 13.2 Å². The molecule has 0 aliphatic heterocycles. The number of halogens is 1. The van der Waals surface area contributed by atoms with E-state index in [4.69, 9.17) is 11.6 Å². The van der Waals surface area contributed by atoms with Gasteiger partial charge in [-0.2, -0.15) is 0 Å². The lowest BCUT2D eigenvalue weighted by Gasteiger charge is -2.24. The Hall–Kier alpha value is -2.05. The Bertz CT molecular complexity index is 810. The Morgan fingerprint density at radius 1 is 1.12 bits per heavy atom. The van der Waals surface area contributed by atoms with Crippen molar-refractivity contribution in [3.8, 4) is 0 Å². The number of hydrogen-bond acceptors (Lipinski definition) is 3. The normalized spacial score (nSPS) is 12.5. The summed E-state index contributed by atoms with van der Waals surface area (Å²) >= 11 is 6.07. The molecule has 1 amide bonds. The summed E-state index contributed by atoms with van der Waals surface area (Å²) < 4.78 is 25.1. The van der Waals surface area contributed by atoms with Crippen molar-refractivity contribution in [1.82, 2.24) is 5.32 Å². The van der Waals surface area contributed by atoms with E-state index in [1.165, 1.54) is 0 Å². The van der Waals surface area contributed by atoms with E-state index in [1.807, 2.05) is 37.3 Å². The molecule has 5 nitrogen and oxygen atoms in total. The molecule has 2 aromatic rings. The van der Waals surface area contributed by atoms with E-state index in [2.05, 4.69) is 5.32 Å². The van der Waals surface area contributed by atoms with Gasteiger partial charge in [-0.25, -0.2) is 8.42 Å². The predicted molar refractivity (Wildman–Crippen MR) is 96.6 cm³/mol. The Morgan fingerprint density at radius 2 is 1.71 bits per heavy atom. The molecule has 0 saturated heterocycles. The minimum absolute atomic E-state index is 0.230. The van der Waals surface area contributed by atoms with E-state index in [0.29, 0.717) is 0 Å². The number of benzene rings is 2. The molecular formula is C17H19ClN2O3S. The van der Waals surface area contributed by atoms with Gasteiger partial charge in [-0.3, -0.25) is 9.10 Å². The van der Waals surface area contributed by atoms with Gasteiger partial charge in [0, 0.05) is 0 Å². The number of carbonyl (C=O) groups excluding carboxylic acids is 1. The van der Waals surface area contributed by atoms with Gasteiger partial charge in [0.15, 0.2) is 0 Å². The van der Waals surface area contributed by atoms with Crippen molar-refractivity contribution in [2.45, 2.75) is 13.0 Å². The van der Waals surface area contributed by atoms with Crippen LogP contribution in [0.2, 0.25) is 5.02 Å². The van der Waals surface area contributed by atoms with E-state index in [1.54, 1.807) is 24.3 Å². The van der Waals surface area contributed by atoms with Crippen LogP contribution in [0.5, 0.6) is 0 Å². The molecule has 0 saturated carbocycles. The number of nitrogens with one attached hydrogen (secondary N) is 1. The van der Waals surface area contributed by atoms with Crippen molar-refractivity contribution in [3.05, 3.63) is 65.2 Å². The first-order chi connectivity index (χ1) is 11.3. The van der Waals surface area contributed by atoms with Gasteiger partial charge in [-0.15, -0.1) is 0 Å². The van der Waals surface area contributed by atoms with Gasteiger partial charge in [0.05, 0.1) is 23.0 Å². The molecule has 0 aliphatic carbocycles. The van der Waals surface area contributed by atoms with E-state index < -0.39 is 15.9 Å². The number of para-hydroxylation sites is 1. The first-order valence-corrected chi connectivity index (χ1v) is 9.58. The van der Waals surface area contributed by atoms with Crippen LogP contribution < -0.4 is 9.62 Å². The molecule has 0 aromatic heterocycles. The predicted octanol–water partition coefficient (Wildman–Crippen LogP) is 2.98. The summed E-state index contributed by atoms with van der Waals surface area (Å²) in [6, 6.07) is 15.7. The molecule has 2 rings (SSSR count). The molecule has 24 heavy (non-hydrogen) atoms. The third-order valence-corrected chi connectivity index (χ3v) is 4.93. The number of rotatable bonds is 6. The Balaban J connectivity index is 2.16. The van der Waals surface area contributed by atoms with E-state index in [-0.39, 0.29) is 23.3 Å². The van der Waals surface area contributed by atoms with Crippen molar-refractivity contribution >= 4 is 33.2 Å². The first kappa shape index (κ1) is 18.3. The van der Waals surface area contributed by atoms with Crippen LogP contribution >= 0.6 is 11.6 Å². The highest BCUT2D eigenvalue weighted by Gasteiger charge is 2.23. The van der Waals surface area contributed by atoms with Crippen LogP contribution in [-0.4, -0.2) is 27.1 Å². The Morgan fingerprint density at radius 3 is 2.29 bits per heavy atom. The average molecular weight is 367 g/mol. The maximum atomic E-state index is 12.3. The van der Waals surface area contributed by atoms with E-state index in [0.717, 1.165) is 16.1 Å². The van der Waals surface area contributed by atoms with E-state index >= 15 is 0 Å². The molecule has 0 unspecified atom stereocenters. The summed E-state index contributed by atoms with van der Waals surface area (Å²) in [7, 11) is -3.65. The second kappa shape index (κ2) is 7.68. The van der Waals surface area contributed by atoms with Crippen LogP contribution in [0, 0.1) is 0 Å². The van der Waals surface area contributed by atoms with Crippen LogP contribution in [0.25, 0.3) is 0 Å².